The first-order chi connectivity index (χ1) is 12.6. The lowest BCUT2D eigenvalue weighted by atomic mass is 10.1. The van der Waals surface area contributed by atoms with Crippen molar-refractivity contribution in [2.24, 2.45) is 4.99 Å². The van der Waals surface area contributed by atoms with E-state index in [4.69, 9.17) is 4.74 Å². The first-order valence-corrected chi connectivity index (χ1v) is 8.82. The fourth-order valence-corrected chi connectivity index (χ4v) is 2.89. The van der Waals surface area contributed by atoms with Crippen molar-refractivity contribution in [1.82, 2.24) is 15.1 Å². The number of amides is 2. The van der Waals surface area contributed by atoms with Gasteiger partial charge in [-0.05, 0) is 34.6 Å². The highest BCUT2D eigenvalue weighted by molar-refractivity contribution is 5.89. The lowest BCUT2D eigenvalue weighted by Gasteiger charge is -2.33. The molecular formula is C17H28F4N4O3. The van der Waals surface area contributed by atoms with Gasteiger partial charge in [0.1, 0.15) is 17.8 Å². The molecule has 1 aliphatic heterocycles. The molecule has 0 bridgehead atoms. The summed E-state index contributed by atoms with van der Waals surface area (Å²) in [5, 5.41) is 2.39. The molecule has 1 saturated heterocycles. The van der Waals surface area contributed by atoms with E-state index in [-0.39, 0.29) is 6.42 Å². The van der Waals surface area contributed by atoms with E-state index in [2.05, 4.69) is 10.3 Å². The summed E-state index contributed by atoms with van der Waals surface area (Å²) in [4.78, 5) is 30.0. The molecule has 1 aliphatic rings. The van der Waals surface area contributed by atoms with Gasteiger partial charge in [0.25, 0.3) is 0 Å². The lowest BCUT2D eigenvalue weighted by Crippen LogP contribution is -2.56. The van der Waals surface area contributed by atoms with E-state index in [1.807, 2.05) is 0 Å². The van der Waals surface area contributed by atoms with Gasteiger partial charge in [-0.25, -0.2) is 9.18 Å². The summed E-state index contributed by atoms with van der Waals surface area (Å²) in [6.45, 7) is 7.68. The average Bonchev–Trinajstić information content (AvgIpc) is 2.80. The zero-order valence-corrected chi connectivity index (χ0v) is 17.1. The maximum absolute atomic E-state index is 14.2. The Bertz CT molecular complexity index is 619. The van der Waals surface area contributed by atoms with Gasteiger partial charge in [-0.2, -0.15) is 13.2 Å². The van der Waals surface area contributed by atoms with Gasteiger partial charge in [-0.15, -0.1) is 0 Å². The number of carbonyl (C=O) groups excluding carboxylic acids is 2. The standard InChI is InChI=1S/C17H28F4N4O3/c1-9-11(18)8-12(25(9)15(27)28-16(3,4)5)13(26)23-10(2)24(7)14(22-6)17(19,20)21/h9-12H,8H2,1-7H3,(H,23,26)/t9-,10?,11+,12-/m0/s1. The van der Waals surface area contributed by atoms with Gasteiger partial charge in [-0.3, -0.25) is 14.7 Å². The molecule has 1 unspecified atom stereocenters. The van der Waals surface area contributed by atoms with Gasteiger partial charge in [0.2, 0.25) is 11.7 Å². The van der Waals surface area contributed by atoms with Crippen molar-refractivity contribution in [3.8, 4) is 0 Å². The maximum Gasteiger partial charge on any atom is 0.449 e. The lowest BCUT2D eigenvalue weighted by molar-refractivity contribution is -0.127. The third kappa shape index (κ3) is 5.71. The smallest absolute Gasteiger partial charge is 0.444 e. The molecule has 0 aromatic heterocycles. The number of amidine groups is 1. The molecule has 1 rings (SSSR count). The van der Waals surface area contributed by atoms with Gasteiger partial charge < -0.3 is 15.0 Å². The number of aliphatic imine (C=N–C) groups is 1. The van der Waals surface area contributed by atoms with Crippen molar-refractivity contribution >= 4 is 17.8 Å². The zero-order valence-electron chi connectivity index (χ0n) is 17.1. The van der Waals surface area contributed by atoms with E-state index < -0.39 is 54.0 Å². The Morgan fingerprint density at radius 1 is 1.29 bits per heavy atom. The highest BCUT2D eigenvalue weighted by Gasteiger charge is 2.47. The molecule has 0 aromatic rings. The Balaban J connectivity index is 2.95. The quantitative estimate of drug-likeness (QED) is 0.335. The van der Waals surface area contributed by atoms with Crippen LogP contribution in [0.5, 0.6) is 0 Å². The van der Waals surface area contributed by atoms with Crippen LogP contribution < -0.4 is 5.32 Å². The van der Waals surface area contributed by atoms with Gasteiger partial charge in [0, 0.05) is 20.5 Å². The molecule has 1 N–H and O–H groups in total. The Morgan fingerprint density at radius 3 is 2.25 bits per heavy atom. The highest BCUT2D eigenvalue weighted by Crippen LogP contribution is 2.29. The second kappa shape index (κ2) is 8.52. The summed E-state index contributed by atoms with van der Waals surface area (Å²) in [7, 11) is 2.12. The van der Waals surface area contributed by atoms with Crippen LogP contribution in [-0.4, -0.2) is 77.9 Å². The molecule has 1 fully saturated rings. The van der Waals surface area contributed by atoms with Crippen molar-refractivity contribution in [1.29, 1.82) is 0 Å². The summed E-state index contributed by atoms with van der Waals surface area (Å²) < 4.78 is 58.4. The van der Waals surface area contributed by atoms with Crippen molar-refractivity contribution < 1.29 is 31.9 Å². The third-order valence-electron chi connectivity index (χ3n) is 4.38. The average molecular weight is 412 g/mol. The van der Waals surface area contributed by atoms with Crippen molar-refractivity contribution in [2.45, 2.75) is 77.2 Å². The third-order valence-corrected chi connectivity index (χ3v) is 4.38. The monoisotopic (exact) mass is 412 g/mol. The number of hydrogen-bond donors (Lipinski definition) is 1. The summed E-state index contributed by atoms with van der Waals surface area (Å²) in [6.07, 6.45) is -8.37. The number of ether oxygens (including phenoxy) is 1. The number of hydrogen-bond acceptors (Lipinski definition) is 4. The van der Waals surface area contributed by atoms with Crippen LogP contribution in [0.25, 0.3) is 0 Å². The van der Waals surface area contributed by atoms with E-state index in [1.165, 1.54) is 13.8 Å². The first-order valence-electron chi connectivity index (χ1n) is 8.82. The number of nitrogens with one attached hydrogen (secondary N) is 1. The van der Waals surface area contributed by atoms with Gasteiger partial charge in [0.15, 0.2) is 0 Å². The van der Waals surface area contributed by atoms with Gasteiger partial charge in [0.05, 0.1) is 12.2 Å². The zero-order chi connectivity index (χ0) is 22.0. The molecule has 28 heavy (non-hydrogen) atoms. The van der Waals surface area contributed by atoms with E-state index in [9.17, 15) is 27.2 Å². The largest absolute Gasteiger partial charge is 0.449 e. The van der Waals surface area contributed by atoms with Crippen LogP contribution in [-0.2, 0) is 9.53 Å². The summed E-state index contributed by atoms with van der Waals surface area (Å²) in [6, 6.07) is -2.09. The number of halogens is 4. The molecule has 7 nitrogen and oxygen atoms in total. The summed E-state index contributed by atoms with van der Waals surface area (Å²) in [5.41, 5.74) is -0.848. The van der Waals surface area contributed by atoms with Crippen LogP contribution in [0.3, 0.4) is 0 Å². The Kier molecular flexibility index (Phi) is 7.29. The predicted molar refractivity (Wildman–Crippen MR) is 95.6 cm³/mol. The maximum atomic E-state index is 14.2. The summed E-state index contributed by atoms with van der Waals surface area (Å²) >= 11 is 0. The molecule has 0 radical (unpaired) electrons. The van der Waals surface area contributed by atoms with Crippen LogP contribution >= 0.6 is 0 Å². The Hall–Kier alpha value is -2.07. The predicted octanol–water partition coefficient (Wildman–Crippen LogP) is 2.71. The molecule has 2 amide bonds. The Morgan fingerprint density at radius 2 is 1.82 bits per heavy atom. The topological polar surface area (TPSA) is 74.2 Å². The second-order valence-corrected chi connectivity index (χ2v) is 7.74. The number of nitrogens with zero attached hydrogens (tertiary/aromatic N) is 3. The molecule has 0 spiro atoms. The van der Waals surface area contributed by atoms with Crippen LogP contribution in [0.15, 0.2) is 4.99 Å². The normalized spacial score (nSPS) is 24.8. The Labute approximate surface area is 162 Å². The molecule has 4 atom stereocenters. The number of carbonyl (C=O) groups is 2. The van der Waals surface area contributed by atoms with E-state index >= 15 is 0 Å². The molecule has 11 heteroatoms. The van der Waals surface area contributed by atoms with Crippen LogP contribution in [0.2, 0.25) is 0 Å². The van der Waals surface area contributed by atoms with Gasteiger partial charge >= 0.3 is 12.3 Å². The van der Waals surface area contributed by atoms with Crippen LogP contribution in [0.4, 0.5) is 22.4 Å². The molecule has 162 valence electrons. The van der Waals surface area contributed by atoms with Crippen molar-refractivity contribution in [2.75, 3.05) is 14.1 Å². The van der Waals surface area contributed by atoms with Crippen molar-refractivity contribution in [3.63, 3.8) is 0 Å². The van der Waals surface area contributed by atoms with Crippen molar-refractivity contribution in [3.05, 3.63) is 0 Å². The fraction of sp³-hybridized carbons (Fsp3) is 0.824. The molecule has 0 aromatic carbocycles. The molecule has 0 saturated carbocycles. The SMILES string of the molecule is CN=C(N(C)C(C)NC(=O)[C@@H]1C[C@@H](F)[C@H](C)N1C(=O)OC(C)(C)C)C(F)(F)F. The highest BCUT2D eigenvalue weighted by atomic mass is 19.4. The number of likely N-dealkylation sites (tertiary alicyclic amines) is 1. The minimum Gasteiger partial charge on any atom is -0.444 e. The van der Waals surface area contributed by atoms with E-state index in [1.54, 1.807) is 20.8 Å². The number of rotatable bonds is 3. The molecule has 0 aliphatic carbocycles. The number of alkyl halides is 4. The minimum absolute atomic E-state index is 0.267. The van der Waals surface area contributed by atoms with E-state index in [0.717, 1.165) is 23.9 Å². The minimum atomic E-state index is -4.70. The van der Waals surface area contributed by atoms with E-state index in [0.29, 0.717) is 0 Å². The second-order valence-electron chi connectivity index (χ2n) is 7.74. The fourth-order valence-electron chi connectivity index (χ4n) is 2.89. The first kappa shape index (κ1) is 24.0. The molecule has 1 heterocycles. The molecular weight excluding hydrogens is 384 g/mol. The van der Waals surface area contributed by atoms with Gasteiger partial charge in [-0.1, -0.05) is 0 Å². The summed E-state index contributed by atoms with van der Waals surface area (Å²) in [5.74, 6) is -1.94. The van der Waals surface area contributed by atoms with Crippen LogP contribution in [0, 0.1) is 0 Å². The van der Waals surface area contributed by atoms with Crippen LogP contribution in [0.1, 0.15) is 41.0 Å².